The Kier molecular flexibility index (Phi) is 2.64. The van der Waals surface area contributed by atoms with Gasteiger partial charge in [0.2, 0.25) is 0 Å². The summed E-state index contributed by atoms with van der Waals surface area (Å²) in [5, 5.41) is 0. The minimum atomic E-state index is -0.0895. The summed E-state index contributed by atoms with van der Waals surface area (Å²) in [4.78, 5) is 12.3. The van der Waals surface area contributed by atoms with Crippen molar-refractivity contribution < 1.29 is 4.79 Å². The molecule has 1 nitrogen and oxygen atoms in total. The van der Waals surface area contributed by atoms with Crippen LogP contribution >= 0.6 is 0 Å². The first kappa shape index (κ1) is 10.4. The smallest absolute Gasteiger partial charge is 0.168 e. The van der Waals surface area contributed by atoms with Gasteiger partial charge in [-0.3, -0.25) is 4.79 Å². The predicted octanol–water partition coefficient (Wildman–Crippen LogP) is 3.76. The van der Waals surface area contributed by atoms with Gasteiger partial charge < -0.3 is 0 Å². The van der Waals surface area contributed by atoms with Crippen LogP contribution in [0.15, 0.2) is 24.3 Å². The van der Waals surface area contributed by atoms with Crippen molar-refractivity contribution in [2.75, 3.05) is 0 Å². The number of Topliss-reactive ketones (excluding diaryl/α,β-unsaturated/α-hetero) is 1. The van der Waals surface area contributed by atoms with Gasteiger partial charge in [-0.25, -0.2) is 0 Å². The highest BCUT2D eigenvalue weighted by atomic mass is 16.1. The summed E-state index contributed by atoms with van der Waals surface area (Å²) in [5.41, 5.74) is 1.97. The van der Waals surface area contributed by atoms with E-state index in [0.29, 0.717) is 5.78 Å². The zero-order valence-corrected chi connectivity index (χ0v) is 9.55. The third-order valence-corrected chi connectivity index (χ3v) is 3.54. The molecule has 2 rings (SSSR count). The first-order valence-electron chi connectivity index (χ1n) is 5.73. The van der Waals surface area contributed by atoms with E-state index in [1.807, 2.05) is 31.2 Å². The molecule has 0 saturated heterocycles. The second-order valence-corrected chi connectivity index (χ2v) is 4.97. The molecule has 0 radical (unpaired) electrons. The fourth-order valence-electron chi connectivity index (χ4n) is 2.52. The minimum Gasteiger partial charge on any atom is -0.294 e. The van der Waals surface area contributed by atoms with Crippen LogP contribution in [0.25, 0.3) is 0 Å². The van der Waals surface area contributed by atoms with Crippen molar-refractivity contribution in [3.05, 3.63) is 35.4 Å². The van der Waals surface area contributed by atoms with Gasteiger partial charge in [-0.15, -0.1) is 0 Å². The summed E-state index contributed by atoms with van der Waals surface area (Å²) in [6, 6.07) is 7.96. The van der Waals surface area contributed by atoms with Gasteiger partial charge in [0.15, 0.2) is 5.78 Å². The molecule has 1 saturated carbocycles. The molecule has 0 heterocycles. The van der Waals surface area contributed by atoms with Crippen molar-refractivity contribution in [1.29, 1.82) is 0 Å². The Morgan fingerprint density at radius 2 is 1.93 bits per heavy atom. The van der Waals surface area contributed by atoms with Gasteiger partial charge in [0.25, 0.3) is 0 Å². The van der Waals surface area contributed by atoms with Gasteiger partial charge in [0, 0.05) is 11.0 Å². The van der Waals surface area contributed by atoms with Gasteiger partial charge in [-0.1, -0.05) is 43.5 Å². The van der Waals surface area contributed by atoms with Gasteiger partial charge in [-0.05, 0) is 25.8 Å². The van der Waals surface area contributed by atoms with Crippen LogP contribution in [-0.4, -0.2) is 5.78 Å². The molecule has 0 atom stereocenters. The summed E-state index contributed by atoms with van der Waals surface area (Å²) in [6.07, 6.45) is 4.52. The lowest BCUT2D eigenvalue weighted by Crippen LogP contribution is -2.24. The van der Waals surface area contributed by atoms with Crippen molar-refractivity contribution >= 4 is 5.78 Å². The van der Waals surface area contributed by atoms with Gasteiger partial charge in [0.1, 0.15) is 0 Å². The van der Waals surface area contributed by atoms with E-state index in [4.69, 9.17) is 0 Å². The second kappa shape index (κ2) is 3.80. The Bertz CT molecular complexity index is 373. The lowest BCUT2D eigenvalue weighted by atomic mass is 9.80. The molecular weight excluding hydrogens is 184 g/mol. The van der Waals surface area contributed by atoms with Crippen molar-refractivity contribution in [3.8, 4) is 0 Å². The molecule has 0 bridgehead atoms. The number of ketones is 1. The maximum atomic E-state index is 12.3. The first-order valence-corrected chi connectivity index (χ1v) is 5.73. The topological polar surface area (TPSA) is 17.1 Å². The van der Waals surface area contributed by atoms with Crippen molar-refractivity contribution in [3.63, 3.8) is 0 Å². The lowest BCUT2D eigenvalue weighted by Gasteiger charge is -2.21. The SMILES string of the molecule is Cc1cccc(C(=O)C2(C)CCCC2)c1. The maximum Gasteiger partial charge on any atom is 0.168 e. The van der Waals surface area contributed by atoms with Crippen molar-refractivity contribution in [1.82, 2.24) is 0 Å². The predicted molar refractivity (Wildman–Crippen MR) is 62.1 cm³/mol. The normalized spacial score (nSPS) is 19.1. The van der Waals surface area contributed by atoms with E-state index >= 15 is 0 Å². The van der Waals surface area contributed by atoms with Gasteiger partial charge in [0.05, 0.1) is 0 Å². The third-order valence-electron chi connectivity index (χ3n) is 3.54. The molecule has 0 aromatic heterocycles. The van der Waals surface area contributed by atoms with E-state index in [9.17, 15) is 4.79 Å². The highest BCUT2D eigenvalue weighted by molar-refractivity contribution is 6.00. The molecule has 1 aromatic rings. The van der Waals surface area contributed by atoms with Crippen molar-refractivity contribution in [2.24, 2.45) is 5.41 Å². The number of rotatable bonds is 2. The van der Waals surface area contributed by atoms with Crippen LogP contribution < -0.4 is 0 Å². The van der Waals surface area contributed by atoms with E-state index in [1.54, 1.807) is 0 Å². The van der Waals surface area contributed by atoms with E-state index in [2.05, 4.69) is 6.92 Å². The molecule has 1 fully saturated rings. The largest absolute Gasteiger partial charge is 0.294 e. The molecule has 0 spiro atoms. The van der Waals surface area contributed by atoms with Gasteiger partial charge in [-0.2, -0.15) is 0 Å². The highest BCUT2D eigenvalue weighted by Crippen LogP contribution is 2.40. The average molecular weight is 202 g/mol. The van der Waals surface area contributed by atoms with E-state index in [0.717, 1.165) is 18.4 Å². The number of aryl methyl sites for hydroxylation is 1. The maximum absolute atomic E-state index is 12.3. The quantitative estimate of drug-likeness (QED) is 0.667. The van der Waals surface area contributed by atoms with Crippen LogP contribution in [-0.2, 0) is 0 Å². The van der Waals surface area contributed by atoms with Crippen LogP contribution in [0.2, 0.25) is 0 Å². The molecule has 15 heavy (non-hydrogen) atoms. The zero-order chi connectivity index (χ0) is 10.9. The van der Waals surface area contributed by atoms with E-state index in [1.165, 1.54) is 18.4 Å². The number of hydrogen-bond acceptors (Lipinski definition) is 1. The van der Waals surface area contributed by atoms with Crippen molar-refractivity contribution in [2.45, 2.75) is 39.5 Å². The zero-order valence-electron chi connectivity index (χ0n) is 9.55. The minimum absolute atomic E-state index is 0.0895. The molecular formula is C14H18O. The summed E-state index contributed by atoms with van der Waals surface area (Å²) < 4.78 is 0. The molecule has 0 aliphatic heterocycles. The fourth-order valence-corrected chi connectivity index (χ4v) is 2.52. The molecule has 80 valence electrons. The fraction of sp³-hybridized carbons (Fsp3) is 0.500. The van der Waals surface area contributed by atoms with Crippen LogP contribution in [0.4, 0.5) is 0 Å². The molecule has 0 N–H and O–H groups in total. The highest BCUT2D eigenvalue weighted by Gasteiger charge is 2.36. The standard InChI is InChI=1S/C14H18O/c1-11-6-5-7-12(10-11)13(15)14(2)8-3-4-9-14/h5-7,10H,3-4,8-9H2,1-2H3. The molecule has 1 aliphatic rings. The molecule has 1 aromatic carbocycles. The Morgan fingerprint density at radius 3 is 2.53 bits per heavy atom. The molecule has 1 heteroatoms. The summed E-state index contributed by atoms with van der Waals surface area (Å²) in [5.74, 6) is 0.337. The Labute approximate surface area is 91.5 Å². The van der Waals surface area contributed by atoms with Crippen LogP contribution in [0.3, 0.4) is 0 Å². The second-order valence-electron chi connectivity index (χ2n) is 4.97. The molecule has 0 unspecified atom stereocenters. The summed E-state index contributed by atoms with van der Waals surface area (Å²) in [7, 11) is 0. The summed E-state index contributed by atoms with van der Waals surface area (Å²) in [6.45, 7) is 4.15. The third kappa shape index (κ3) is 1.97. The van der Waals surface area contributed by atoms with E-state index in [-0.39, 0.29) is 5.41 Å². The summed E-state index contributed by atoms with van der Waals surface area (Å²) >= 11 is 0. The van der Waals surface area contributed by atoms with Crippen LogP contribution in [0.5, 0.6) is 0 Å². The Hall–Kier alpha value is -1.11. The Morgan fingerprint density at radius 1 is 1.27 bits per heavy atom. The van der Waals surface area contributed by atoms with Gasteiger partial charge >= 0.3 is 0 Å². The number of hydrogen-bond donors (Lipinski definition) is 0. The lowest BCUT2D eigenvalue weighted by molar-refractivity contribution is 0.0823. The number of benzene rings is 1. The van der Waals surface area contributed by atoms with Crippen LogP contribution in [0, 0.1) is 12.3 Å². The Balaban J connectivity index is 2.27. The number of carbonyl (C=O) groups is 1. The monoisotopic (exact) mass is 202 g/mol. The molecule has 0 amide bonds. The molecule has 1 aliphatic carbocycles. The van der Waals surface area contributed by atoms with E-state index < -0.39 is 0 Å². The average Bonchev–Trinajstić information content (AvgIpc) is 2.65. The van der Waals surface area contributed by atoms with Crippen LogP contribution in [0.1, 0.15) is 48.5 Å². The first-order chi connectivity index (χ1) is 7.12. The number of carbonyl (C=O) groups excluding carboxylic acids is 1.